The molecule has 4 rings (SSSR count). The van der Waals surface area contributed by atoms with E-state index in [1.54, 1.807) is 6.07 Å². The Labute approximate surface area is 157 Å². The van der Waals surface area contributed by atoms with Gasteiger partial charge >= 0.3 is 0 Å². The Morgan fingerprint density at radius 2 is 1.74 bits per heavy atom. The topological polar surface area (TPSA) is 29.1 Å². The van der Waals surface area contributed by atoms with Crippen LogP contribution in [0.1, 0.15) is 36.2 Å². The highest BCUT2D eigenvalue weighted by molar-refractivity contribution is 6.07. The van der Waals surface area contributed by atoms with Crippen LogP contribution in [0, 0.1) is 17.0 Å². The highest BCUT2D eigenvalue weighted by atomic mass is 19.1. The van der Waals surface area contributed by atoms with E-state index >= 15 is 0 Å². The van der Waals surface area contributed by atoms with E-state index in [1.807, 2.05) is 50.2 Å². The third-order valence-corrected chi connectivity index (χ3v) is 5.95. The van der Waals surface area contributed by atoms with Gasteiger partial charge in [-0.2, -0.15) is 0 Å². The number of benzene rings is 3. The van der Waals surface area contributed by atoms with Crippen LogP contribution >= 0.6 is 0 Å². The van der Waals surface area contributed by atoms with Crippen molar-refractivity contribution in [2.45, 2.75) is 25.7 Å². The standard InChI is InChI=1S/C23H21F2NO/c1-22(2)13-23(22,19-11-10-16(24)12-20(19)25)14-26-21(27)18-9-5-7-15-6-3-4-8-17(15)18/h3-12H,13-14H2,1-2H3,(H,26,27). The fraction of sp³-hybridized carbons (Fsp3) is 0.261. The van der Waals surface area contributed by atoms with Gasteiger partial charge in [-0.15, -0.1) is 0 Å². The maximum atomic E-state index is 14.4. The van der Waals surface area contributed by atoms with Crippen molar-refractivity contribution in [3.8, 4) is 0 Å². The van der Waals surface area contributed by atoms with Crippen LogP contribution in [0.4, 0.5) is 8.78 Å². The minimum atomic E-state index is -0.593. The number of halogens is 2. The average molecular weight is 365 g/mol. The first-order valence-corrected chi connectivity index (χ1v) is 9.06. The fourth-order valence-electron chi connectivity index (χ4n) is 4.19. The monoisotopic (exact) mass is 365 g/mol. The molecular formula is C23H21F2NO. The molecule has 4 heteroatoms. The molecule has 0 aliphatic heterocycles. The SMILES string of the molecule is CC1(C)CC1(CNC(=O)c1cccc2ccccc12)c1ccc(F)cc1F. The van der Waals surface area contributed by atoms with E-state index in [1.165, 1.54) is 12.1 Å². The van der Waals surface area contributed by atoms with Crippen LogP contribution in [0.2, 0.25) is 0 Å². The van der Waals surface area contributed by atoms with Crippen LogP contribution in [0.25, 0.3) is 10.8 Å². The predicted octanol–water partition coefficient (Wildman–Crippen LogP) is 5.22. The van der Waals surface area contributed by atoms with Crippen molar-refractivity contribution in [1.82, 2.24) is 5.32 Å². The Bertz CT molecular complexity index is 1040. The molecule has 1 atom stereocenters. The van der Waals surface area contributed by atoms with Crippen molar-refractivity contribution in [3.05, 3.63) is 83.4 Å². The van der Waals surface area contributed by atoms with Crippen molar-refractivity contribution in [1.29, 1.82) is 0 Å². The summed E-state index contributed by atoms with van der Waals surface area (Å²) in [7, 11) is 0. The highest BCUT2D eigenvalue weighted by Gasteiger charge is 2.62. The zero-order chi connectivity index (χ0) is 19.2. The molecule has 1 fully saturated rings. The van der Waals surface area contributed by atoms with Gasteiger partial charge in [0, 0.05) is 23.6 Å². The number of hydrogen-bond acceptors (Lipinski definition) is 1. The van der Waals surface area contributed by atoms with E-state index in [9.17, 15) is 13.6 Å². The van der Waals surface area contributed by atoms with Gasteiger partial charge < -0.3 is 5.32 Å². The molecule has 0 bridgehead atoms. The lowest BCUT2D eigenvalue weighted by molar-refractivity contribution is 0.0949. The van der Waals surface area contributed by atoms with Gasteiger partial charge in [-0.1, -0.05) is 56.3 Å². The van der Waals surface area contributed by atoms with Crippen LogP contribution in [0.15, 0.2) is 60.7 Å². The van der Waals surface area contributed by atoms with Crippen molar-refractivity contribution >= 4 is 16.7 Å². The largest absolute Gasteiger partial charge is 0.351 e. The molecule has 138 valence electrons. The third kappa shape index (κ3) is 2.89. The maximum absolute atomic E-state index is 14.4. The Hall–Kier alpha value is -2.75. The molecule has 0 heterocycles. The van der Waals surface area contributed by atoms with Crippen molar-refractivity contribution < 1.29 is 13.6 Å². The molecule has 1 aliphatic carbocycles. The molecule has 1 aliphatic rings. The summed E-state index contributed by atoms with van der Waals surface area (Å²) >= 11 is 0. The van der Waals surface area contributed by atoms with Crippen molar-refractivity contribution in [2.75, 3.05) is 6.54 Å². The lowest BCUT2D eigenvalue weighted by Crippen LogP contribution is -2.35. The first kappa shape index (κ1) is 17.7. The zero-order valence-corrected chi connectivity index (χ0v) is 15.4. The molecule has 1 N–H and O–H groups in total. The second kappa shape index (κ2) is 6.15. The van der Waals surface area contributed by atoms with E-state index in [0.717, 1.165) is 23.3 Å². The third-order valence-electron chi connectivity index (χ3n) is 5.95. The second-order valence-corrected chi connectivity index (χ2v) is 7.98. The number of rotatable bonds is 4. The molecule has 1 amide bonds. The lowest BCUT2D eigenvalue weighted by atomic mass is 9.87. The Morgan fingerprint density at radius 1 is 1.04 bits per heavy atom. The van der Waals surface area contributed by atoms with Gasteiger partial charge in [-0.3, -0.25) is 4.79 Å². The van der Waals surface area contributed by atoms with Crippen LogP contribution in [0.5, 0.6) is 0 Å². The smallest absolute Gasteiger partial charge is 0.251 e. The number of fused-ring (bicyclic) bond motifs is 1. The minimum Gasteiger partial charge on any atom is -0.351 e. The number of amides is 1. The van der Waals surface area contributed by atoms with Crippen molar-refractivity contribution in [3.63, 3.8) is 0 Å². The Kier molecular flexibility index (Phi) is 4.02. The molecular weight excluding hydrogens is 344 g/mol. The van der Waals surface area contributed by atoms with E-state index < -0.39 is 17.0 Å². The van der Waals surface area contributed by atoms with Gasteiger partial charge in [-0.05, 0) is 40.3 Å². The summed E-state index contributed by atoms with van der Waals surface area (Å²) in [4.78, 5) is 12.8. The normalized spacial score (nSPS) is 20.4. The van der Waals surface area contributed by atoms with Crippen LogP contribution < -0.4 is 5.32 Å². The number of hydrogen-bond donors (Lipinski definition) is 1. The summed E-state index contributed by atoms with van der Waals surface area (Å²) in [5.41, 5.74) is 0.372. The summed E-state index contributed by atoms with van der Waals surface area (Å²) in [5, 5.41) is 4.87. The lowest BCUT2D eigenvalue weighted by Gasteiger charge is -2.23. The van der Waals surface area contributed by atoms with Gasteiger partial charge in [0.25, 0.3) is 5.91 Å². The minimum absolute atomic E-state index is 0.169. The average Bonchev–Trinajstić information content (AvgIpc) is 3.21. The number of nitrogens with one attached hydrogen (secondary N) is 1. The molecule has 1 saturated carbocycles. The quantitative estimate of drug-likeness (QED) is 0.675. The highest BCUT2D eigenvalue weighted by Crippen LogP contribution is 2.64. The number of carbonyl (C=O) groups excluding carboxylic acids is 1. The van der Waals surface area contributed by atoms with E-state index in [2.05, 4.69) is 5.32 Å². The van der Waals surface area contributed by atoms with Crippen molar-refractivity contribution in [2.24, 2.45) is 5.41 Å². The summed E-state index contributed by atoms with van der Waals surface area (Å²) in [6.45, 7) is 4.39. The van der Waals surface area contributed by atoms with E-state index in [4.69, 9.17) is 0 Å². The Morgan fingerprint density at radius 3 is 2.44 bits per heavy atom. The van der Waals surface area contributed by atoms with Gasteiger partial charge in [0.05, 0.1) is 0 Å². The van der Waals surface area contributed by atoms with Gasteiger partial charge in [0.1, 0.15) is 11.6 Å². The molecule has 0 saturated heterocycles. The van der Waals surface area contributed by atoms with Crippen LogP contribution in [-0.4, -0.2) is 12.5 Å². The molecule has 0 spiro atoms. The number of carbonyl (C=O) groups is 1. The van der Waals surface area contributed by atoms with E-state index in [-0.39, 0.29) is 11.3 Å². The second-order valence-electron chi connectivity index (χ2n) is 7.98. The summed E-state index contributed by atoms with van der Waals surface area (Å²) in [6.07, 6.45) is 0.734. The molecule has 0 aromatic heterocycles. The van der Waals surface area contributed by atoms with Gasteiger partial charge in [0.15, 0.2) is 0 Å². The van der Waals surface area contributed by atoms with Crippen LogP contribution in [0.3, 0.4) is 0 Å². The van der Waals surface area contributed by atoms with Crippen LogP contribution in [-0.2, 0) is 5.41 Å². The Balaban J connectivity index is 1.62. The fourth-order valence-corrected chi connectivity index (χ4v) is 4.19. The summed E-state index contributed by atoms with van der Waals surface area (Å²) in [5.74, 6) is -1.33. The predicted molar refractivity (Wildman–Crippen MR) is 103 cm³/mol. The van der Waals surface area contributed by atoms with Gasteiger partial charge in [-0.25, -0.2) is 8.78 Å². The molecule has 3 aromatic carbocycles. The first-order valence-electron chi connectivity index (χ1n) is 9.06. The first-order chi connectivity index (χ1) is 12.8. The molecule has 2 nitrogen and oxygen atoms in total. The maximum Gasteiger partial charge on any atom is 0.251 e. The molecule has 0 radical (unpaired) electrons. The summed E-state index contributed by atoms with van der Waals surface area (Å²) in [6, 6.07) is 17.0. The van der Waals surface area contributed by atoms with Gasteiger partial charge in [0.2, 0.25) is 0 Å². The van der Waals surface area contributed by atoms with E-state index in [0.29, 0.717) is 17.7 Å². The molecule has 3 aromatic rings. The molecule has 27 heavy (non-hydrogen) atoms. The zero-order valence-electron chi connectivity index (χ0n) is 15.4. The summed E-state index contributed by atoms with van der Waals surface area (Å²) < 4.78 is 27.8. The molecule has 1 unspecified atom stereocenters.